The smallest absolute Gasteiger partial charge is 0.340 e. The number of carbonyl (C=O) groups excluding carboxylic acids is 2. The lowest BCUT2D eigenvalue weighted by molar-refractivity contribution is 0.0525. The Morgan fingerprint density at radius 3 is 2.62 bits per heavy atom. The normalized spacial score (nSPS) is 10.6. The van der Waals surface area contributed by atoms with E-state index in [1.165, 1.54) is 11.3 Å². The number of ether oxygens (including phenoxy) is 1. The highest BCUT2D eigenvalue weighted by atomic mass is 32.1. The molecule has 8 nitrogen and oxygen atoms in total. The lowest BCUT2D eigenvalue weighted by Gasteiger charge is -2.05. The average Bonchev–Trinajstić information content (AvgIpc) is 3.12. The Labute approximate surface area is 156 Å². The molecule has 0 saturated carbocycles. The van der Waals surface area contributed by atoms with Crippen molar-refractivity contribution in [3.05, 3.63) is 21.8 Å². The van der Waals surface area contributed by atoms with Gasteiger partial charge >= 0.3 is 12.0 Å². The molecular weight excluding hydrogens is 354 g/mol. The molecule has 0 spiro atoms. The Hall–Kier alpha value is -2.42. The van der Waals surface area contributed by atoms with E-state index in [4.69, 9.17) is 4.74 Å². The summed E-state index contributed by atoms with van der Waals surface area (Å²) in [6, 6.07) is -0.444. The first-order valence-electron chi connectivity index (χ1n) is 8.72. The third-order valence-electron chi connectivity index (χ3n) is 3.84. The SMILES string of the molecule is CCCCCc1nnc(NC(=O)Nc2[nH]c(C)c(C(=O)OCC)c2C)s1. The van der Waals surface area contributed by atoms with Gasteiger partial charge in [0.2, 0.25) is 5.13 Å². The molecule has 2 aromatic rings. The van der Waals surface area contributed by atoms with E-state index in [0.717, 1.165) is 30.7 Å². The van der Waals surface area contributed by atoms with Gasteiger partial charge in [0.05, 0.1) is 12.2 Å². The van der Waals surface area contributed by atoms with E-state index in [1.807, 2.05) is 0 Å². The number of anilines is 2. The number of esters is 1. The van der Waals surface area contributed by atoms with E-state index in [9.17, 15) is 9.59 Å². The molecule has 2 aromatic heterocycles. The molecule has 3 N–H and O–H groups in total. The van der Waals surface area contributed by atoms with Crippen molar-refractivity contribution >= 4 is 34.3 Å². The summed E-state index contributed by atoms with van der Waals surface area (Å²) in [5.41, 5.74) is 1.72. The molecule has 0 fully saturated rings. The van der Waals surface area contributed by atoms with Crippen molar-refractivity contribution in [2.24, 2.45) is 0 Å². The van der Waals surface area contributed by atoms with Crippen LogP contribution in [0.5, 0.6) is 0 Å². The number of unbranched alkanes of at least 4 members (excludes halogenated alkanes) is 2. The summed E-state index contributed by atoms with van der Waals surface area (Å²) in [6.07, 6.45) is 4.23. The molecule has 0 aromatic carbocycles. The van der Waals surface area contributed by atoms with Gasteiger partial charge in [-0.3, -0.25) is 10.6 Å². The molecule has 142 valence electrons. The van der Waals surface area contributed by atoms with Crippen LogP contribution in [0.2, 0.25) is 0 Å². The minimum Gasteiger partial charge on any atom is -0.462 e. The second-order valence-electron chi connectivity index (χ2n) is 5.88. The highest BCUT2D eigenvalue weighted by Gasteiger charge is 2.20. The van der Waals surface area contributed by atoms with Gasteiger partial charge in [-0.2, -0.15) is 0 Å². The van der Waals surface area contributed by atoms with Gasteiger partial charge in [-0.15, -0.1) is 10.2 Å². The minimum absolute atomic E-state index is 0.295. The number of H-pyrrole nitrogens is 1. The summed E-state index contributed by atoms with van der Waals surface area (Å²) >= 11 is 1.37. The van der Waals surface area contributed by atoms with Crippen LogP contribution in [0.15, 0.2) is 0 Å². The van der Waals surface area contributed by atoms with Crippen molar-refractivity contribution in [1.29, 1.82) is 0 Å². The monoisotopic (exact) mass is 379 g/mol. The van der Waals surface area contributed by atoms with E-state index in [0.29, 0.717) is 34.4 Å². The molecule has 0 aliphatic carbocycles. The van der Waals surface area contributed by atoms with Crippen molar-refractivity contribution in [3.8, 4) is 0 Å². The molecule has 0 unspecified atom stereocenters. The fourth-order valence-corrected chi connectivity index (χ4v) is 3.33. The van der Waals surface area contributed by atoms with Crippen LogP contribution in [0, 0.1) is 13.8 Å². The predicted molar refractivity (Wildman–Crippen MR) is 102 cm³/mol. The molecule has 0 aliphatic heterocycles. The highest BCUT2D eigenvalue weighted by Crippen LogP contribution is 2.24. The van der Waals surface area contributed by atoms with Gasteiger partial charge in [0.1, 0.15) is 10.8 Å². The molecule has 0 aliphatic rings. The average molecular weight is 379 g/mol. The number of urea groups is 1. The van der Waals surface area contributed by atoms with Crippen LogP contribution in [0.25, 0.3) is 0 Å². The van der Waals surface area contributed by atoms with E-state index >= 15 is 0 Å². The Morgan fingerprint density at radius 2 is 1.92 bits per heavy atom. The molecular formula is C17H25N5O3S. The highest BCUT2D eigenvalue weighted by molar-refractivity contribution is 7.15. The van der Waals surface area contributed by atoms with Gasteiger partial charge in [0.25, 0.3) is 0 Å². The maximum Gasteiger partial charge on any atom is 0.340 e. The third kappa shape index (κ3) is 5.04. The molecule has 26 heavy (non-hydrogen) atoms. The maximum atomic E-state index is 12.2. The van der Waals surface area contributed by atoms with E-state index < -0.39 is 12.0 Å². The topological polar surface area (TPSA) is 109 Å². The number of aromatic amines is 1. The Morgan fingerprint density at radius 1 is 1.15 bits per heavy atom. The van der Waals surface area contributed by atoms with E-state index in [1.54, 1.807) is 20.8 Å². The van der Waals surface area contributed by atoms with Crippen LogP contribution < -0.4 is 10.6 Å². The van der Waals surface area contributed by atoms with Crippen LogP contribution in [0.3, 0.4) is 0 Å². The fraction of sp³-hybridized carbons (Fsp3) is 0.529. The molecule has 0 atom stereocenters. The van der Waals surface area contributed by atoms with Crippen molar-refractivity contribution in [2.45, 2.75) is 53.4 Å². The number of nitrogens with zero attached hydrogens (tertiary/aromatic N) is 2. The molecule has 0 bridgehead atoms. The molecule has 0 radical (unpaired) electrons. The Kier molecular flexibility index (Phi) is 7.14. The van der Waals surface area contributed by atoms with Crippen LogP contribution in [0.4, 0.5) is 15.7 Å². The van der Waals surface area contributed by atoms with Gasteiger partial charge in [-0.25, -0.2) is 9.59 Å². The molecule has 2 amide bonds. The molecule has 2 rings (SSSR count). The minimum atomic E-state index is -0.444. The Balaban J connectivity index is 1.98. The first kappa shape index (κ1) is 19.9. The van der Waals surface area contributed by atoms with E-state index in [-0.39, 0.29) is 0 Å². The van der Waals surface area contributed by atoms with Gasteiger partial charge in [0, 0.05) is 17.7 Å². The van der Waals surface area contributed by atoms with Crippen LogP contribution >= 0.6 is 11.3 Å². The number of amides is 2. The zero-order chi connectivity index (χ0) is 19.1. The van der Waals surface area contributed by atoms with Gasteiger partial charge in [0.15, 0.2) is 0 Å². The number of hydrogen-bond acceptors (Lipinski definition) is 6. The van der Waals surface area contributed by atoms with Crippen molar-refractivity contribution < 1.29 is 14.3 Å². The first-order chi connectivity index (χ1) is 12.5. The van der Waals surface area contributed by atoms with Crippen LogP contribution in [0.1, 0.15) is 59.7 Å². The number of carbonyl (C=O) groups is 2. The number of aryl methyl sites for hydroxylation is 2. The number of nitrogens with one attached hydrogen (secondary N) is 3. The summed E-state index contributed by atoms with van der Waals surface area (Å²) in [7, 11) is 0. The largest absolute Gasteiger partial charge is 0.462 e. The quantitative estimate of drug-likeness (QED) is 0.474. The summed E-state index contributed by atoms with van der Waals surface area (Å²) in [4.78, 5) is 27.2. The molecule has 9 heteroatoms. The van der Waals surface area contributed by atoms with Gasteiger partial charge in [-0.05, 0) is 27.2 Å². The summed E-state index contributed by atoms with van der Waals surface area (Å²) in [5.74, 6) is 0.0452. The second kappa shape index (κ2) is 9.33. The van der Waals surface area contributed by atoms with Crippen molar-refractivity contribution in [3.63, 3.8) is 0 Å². The third-order valence-corrected chi connectivity index (χ3v) is 4.74. The lowest BCUT2D eigenvalue weighted by atomic mass is 10.1. The molecule has 0 saturated heterocycles. The Bertz CT molecular complexity index is 769. The van der Waals surface area contributed by atoms with Crippen molar-refractivity contribution in [1.82, 2.24) is 15.2 Å². The zero-order valence-corrected chi connectivity index (χ0v) is 16.4. The summed E-state index contributed by atoms with van der Waals surface area (Å²) in [5, 5.41) is 14.8. The van der Waals surface area contributed by atoms with E-state index in [2.05, 4.69) is 32.7 Å². The fourth-order valence-electron chi connectivity index (χ4n) is 2.56. The molecule has 2 heterocycles. The second-order valence-corrected chi connectivity index (χ2v) is 6.94. The first-order valence-corrected chi connectivity index (χ1v) is 9.54. The van der Waals surface area contributed by atoms with Crippen LogP contribution in [-0.2, 0) is 11.2 Å². The lowest BCUT2D eigenvalue weighted by Crippen LogP contribution is -2.20. The predicted octanol–water partition coefficient (Wildman–Crippen LogP) is 4.04. The van der Waals surface area contributed by atoms with Crippen molar-refractivity contribution in [2.75, 3.05) is 17.2 Å². The number of rotatable bonds is 8. The van der Waals surface area contributed by atoms with Crippen LogP contribution in [-0.4, -0.2) is 33.8 Å². The number of aromatic nitrogens is 3. The summed E-state index contributed by atoms with van der Waals surface area (Å²) in [6.45, 7) is 7.71. The zero-order valence-electron chi connectivity index (χ0n) is 15.6. The standard InChI is InChI=1S/C17H25N5O3S/c1-5-7-8-9-12-21-22-17(26-12)20-16(24)19-14-10(3)13(11(4)18-14)15(23)25-6-2/h18H,5-9H2,1-4H3,(H2,19,20,22,24). The van der Waals surface area contributed by atoms with Gasteiger partial charge < -0.3 is 9.72 Å². The summed E-state index contributed by atoms with van der Waals surface area (Å²) < 4.78 is 5.04. The number of hydrogen-bond donors (Lipinski definition) is 3. The maximum absolute atomic E-state index is 12.2. The van der Waals surface area contributed by atoms with Gasteiger partial charge in [-0.1, -0.05) is 31.1 Å².